The molecule has 4 aromatic heterocycles. The number of nitrogens with zero attached hydrogens (tertiary/aromatic N) is 3. The summed E-state index contributed by atoms with van der Waals surface area (Å²) >= 11 is 13.4. The van der Waals surface area contributed by atoms with Crippen molar-refractivity contribution in [1.29, 1.82) is 0 Å². The normalized spacial score (nSPS) is 12.8. The molecule has 27 aromatic rings. The molecule has 23 aromatic carbocycles. The van der Waals surface area contributed by atoms with E-state index in [-0.39, 0.29) is 0 Å². The molecule has 29 rings (SSSR count). The van der Waals surface area contributed by atoms with Gasteiger partial charge in [0.15, 0.2) is 0 Å². The summed E-state index contributed by atoms with van der Waals surface area (Å²) in [6, 6.07) is 183. The van der Waals surface area contributed by atoms with Crippen LogP contribution in [0, 0.1) is 0 Å². The van der Waals surface area contributed by atoms with E-state index in [1.165, 1.54) is 235 Å². The van der Waals surface area contributed by atoms with Gasteiger partial charge in [0.25, 0.3) is 0 Å². The highest BCUT2D eigenvalue weighted by Crippen LogP contribution is 2.60. The Balaban J connectivity index is 0.000000108. The molecule has 4 heterocycles. The Bertz CT molecular complexity index is 9630. The lowest BCUT2D eigenvalue weighted by Crippen LogP contribution is -2.28. The van der Waals surface area contributed by atoms with E-state index < -0.39 is 10.8 Å². The van der Waals surface area contributed by atoms with Gasteiger partial charge in [0.1, 0.15) is 0 Å². The lowest BCUT2D eigenvalue weighted by molar-refractivity contribution is 0.767. The molecule has 0 aliphatic heterocycles. The molecule has 0 bridgehead atoms. The van der Waals surface area contributed by atoms with Crippen molar-refractivity contribution in [2.24, 2.45) is 0 Å². The van der Waals surface area contributed by atoms with Crippen molar-refractivity contribution in [3.8, 4) is 72.7 Å². The number of benzene rings is 23. The molecule has 2 aliphatic carbocycles. The second-order valence-corrected chi connectivity index (χ2v) is 40.3. The Kier molecular flexibility index (Phi) is 19.8. The fourth-order valence-electron chi connectivity index (χ4n) is 23.7. The molecular weight excluding hydrogens is 1900 g/mol. The fraction of sp³-hybridized carbons (Fsp3) is 0.0152. The van der Waals surface area contributed by atoms with Gasteiger partial charge < -0.3 is 13.7 Å². The van der Waals surface area contributed by atoms with Gasteiger partial charge in [-0.2, -0.15) is 0 Å². The first-order chi connectivity index (χ1) is 68.7. The molecule has 652 valence electrons. The van der Waals surface area contributed by atoms with Crippen molar-refractivity contribution in [2.45, 2.75) is 10.8 Å². The predicted molar refractivity (Wildman–Crippen MR) is 599 cm³/mol. The van der Waals surface area contributed by atoms with Crippen LogP contribution >= 0.6 is 59.1 Å². The van der Waals surface area contributed by atoms with Crippen LogP contribution in [0.2, 0.25) is 0 Å². The Morgan fingerprint density at radius 3 is 1.18 bits per heavy atom. The zero-order valence-corrected chi connectivity index (χ0v) is 80.8. The lowest BCUT2D eigenvalue weighted by Gasteiger charge is -2.34. The minimum Gasteiger partial charge on any atom is -0.309 e. The number of aromatic nitrogens is 3. The van der Waals surface area contributed by atoms with Gasteiger partial charge in [0, 0.05) is 88.4 Å². The average molecular weight is 1980 g/mol. The molecule has 0 atom stereocenters. The van der Waals surface area contributed by atoms with Crippen molar-refractivity contribution in [1.82, 2.24) is 13.7 Å². The summed E-state index contributed by atoms with van der Waals surface area (Å²) < 4.78 is 13.4. The number of para-hydroxylation sites is 1. The first-order valence-electron chi connectivity index (χ1n) is 47.4. The van der Waals surface area contributed by atoms with Crippen LogP contribution in [-0.4, -0.2) is 13.7 Å². The summed E-state index contributed by atoms with van der Waals surface area (Å²) in [6.45, 7) is 0. The van der Waals surface area contributed by atoms with E-state index >= 15 is 0 Å². The highest BCUT2D eigenvalue weighted by atomic mass is 79.9. The zero-order chi connectivity index (χ0) is 92.1. The molecular formula is C132H82Br3N3S. The molecule has 0 amide bonds. The maximum Gasteiger partial charge on any atom is 0.0714 e. The lowest BCUT2D eigenvalue weighted by atomic mass is 9.67. The maximum absolute atomic E-state index is 3.91. The van der Waals surface area contributed by atoms with Gasteiger partial charge in [-0.25, -0.2) is 0 Å². The van der Waals surface area contributed by atoms with Crippen molar-refractivity contribution in [3.63, 3.8) is 0 Å². The van der Waals surface area contributed by atoms with Crippen molar-refractivity contribution >= 4 is 188 Å². The summed E-state index contributed by atoms with van der Waals surface area (Å²) in [7, 11) is 0. The molecule has 0 spiro atoms. The van der Waals surface area contributed by atoms with Gasteiger partial charge in [-0.3, -0.25) is 0 Å². The minimum absolute atomic E-state index is 0.441. The summed E-state index contributed by atoms with van der Waals surface area (Å²) in [5.74, 6) is 0. The number of rotatable bonds is 10. The Labute approximate surface area is 833 Å². The van der Waals surface area contributed by atoms with Crippen LogP contribution < -0.4 is 0 Å². The quantitative estimate of drug-likeness (QED) is 0.130. The smallest absolute Gasteiger partial charge is 0.0714 e. The van der Waals surface area contributed by atoms with Gasteiger partial charge in [0.2, 0.25) is 0 Å². The van der Waals surface area contributed by atoms with Crippen LogP contribution in [0.5, 0.6) is 0 Å². The highest BCUT2D eigenvalue weighted by Gasteiger charge is 2.48. The molecule has 3 nitrogen and oxygen atoms in total. The van der Waals surface area contributed by atoms with Gasteiger partial charge in [-0.15, -0.1) is 11.3 Å². The van der Waals surface area contributed by atoms with E-state index in [1.54, 1.807) is 0 Å². The summed E-state index contributed by atoms with van der Waals surface area (Å²) in [4.78, 5) is 0. The van der Waals surface area contributed by atoms with Crippen LogP contribution in [0.1, 0.15) is 44.5 Å². The molecule has 2 aliphatic rings. The average Bonchev–Trinajstić information content (AvgIpc) is 1.55. The number of thiophene rings is 1. The minimum atomic E-state index is -0.483. The third-order valence-corrected chi connectivity index (χ3v) is 32.7. The van der Waals surface area contributed by atoms with Gasteiger partial charge in [-0.1, -0.05) is 442 Å². The molecule has 7 heteroatoms. The zero-order valence-electron chi connectivity index (χ0n) is 75.2. The molecule has 0 N–H and O–H groups in total. The first-order valence-corrected chi connectivity index (χ1v) is 50.6. The summed E-state index contributed by atoms with van der Waals surface area (Å²) in [6.07, 6.45) is 0. The third-order valence-electron chi connectivity index (χ3n) is 29.5. The van der Waals surface area contributed by atoms with E-state index in [4.69, 9.17) is 0 Å². The van der Waals surface area contributed by atoms with Crippen LogP contribution in [-0.2, 0) is 10.8 Å². The fourth-order valence-corrected chi connectivity index (χ4v) is 26.3. The van der Waals surface area contributed by atoms with E-state index in [0.29, 0.717) is 0 Å². The third kappa shape index (κ3) is 12.9. The SMILES string of the molecule is Brc1ccccc1-c1cc2c(c3ccccc13)c1cc3ccccc3cc1n2-c1ccc2c(c1)C(c1ccccc1)(c1ccccc1)c1ccccc1-2.Brc1ccccc1-c1cc2c(c3ccccc13)c1ccc3ccccc3c1n2-c1ccc2c(c1)-c1ccccc1C2(c1ccccc1)c1ccccc1.Brc1ccccc1-c1ccc2c3ccccc3n(-c3ccc4sc5ccccc5c4c3)c2c1. The number of hydrogen-bond acceptors (Lipinski definition) is 1. The maximum atomic E-state index is 3.91. The van der Waals surface area contributed by atoms with Crippen LogP contribution in [0.25, 0.3) is 201 Å². The van der Waals surface area contributed by atoms with E-state index in [9.17, 15) is 0 Å². The van der Waals surface area contributed by atoms with Crippen molar-refractivity contribution < 1.29 is 0 Å². The van der Waals surface area contributed by atoms with E-state index in [2.05, 4.69) is 559 Å². The first kappa shape index (κ1) is 82.6. The Hall–Kier alpha value is -15.8. The second kappa shape index (κ2) is 33.3. The standard InChI is InChI=1S/2C51H32BrN.C30H18BrNS/c52-47-26-14-12-23-41(47)43-32-49-50(42-24-10-9-21-38(42)43)44-29-33-15-7-8-16-34(33)30-48(44)53(49)37-27-28-40-39-22-11-13-25-45(39)51(46(40)31-37,35-17-3-1-4-18-35)36-19-5-2-6-20-36;52-47-26-14-12-23-40(47)43-32-48-49(41-24-10-9-21-38(41)43)42-29-27-33-15-7-8-20-37(33)50(42)53(48)36-28-30-46-44(31-36)39-22-11-13-25-45(39)51(46,34-16-3-1-4-17-34)35-18-5-2-6-19-35;31-26-10-4-1-7-21(26)19-13-15-23-22-8-2-5-11-27(22)32(28(23)17-19)20-14-16-30-25(18-20)24-9-3-6-12-29(24)33-30/h2*1-32H;1-18H. The van der Waals surface area contributed by atoms with E-state index in [0.717, 1.165) is 24.8 Å². The Morgan fingerprint density at radius 2 is 0.576 bits per heavy atom. The molecule has 0 saturated carbocycles. The number of hydrogen-bond donors (Lipinski definition) is 0. The number of halogens is 3. The van der Waals surface area contributed by atoms with E-state index in [1.807, 2.05) is 11.3 Å². The Morgan fingerprint density at radius 1 is 0.180 bits per heavy atom. The molecule has 139 heavy (non-hydrogen) atoms. The summed E-state index contributed by atoms with van der Waals surface area (Å²) in [5, 5.41) is 20.2. The largest absolute Gasteiger partial charge is 0.309 e. The van der Waals surface area contributed by atoms with Crippen LogP contribution in [0.15, 0.2) is 511 Å². The topological polar surface area (TPSA) is 14.8 Å². The van der Waals surface area contributed by atoms with Crippen molar-refractivity contribution in [3.05, 3.63) is 555 Å². The van der Waals surface area contributed by atoms with Gasteiger partial charge >= 0.3 is 0 Å². The molecule has 0 saturated heterocycles. The monoisotopic (exact) mass is 1980 g/mol. The van der Waals surface area contributed by atoms with Gasteiger partial charge in [0.05, 0.1) is 43.9 Å². The molecule has 0 fully saturated rings. The number of fused-ring (bicyclic) bond motifs is 25. The van der Waals surface area contributed by atoms with Crippen LogP contribution in [0.4, 0.5) is 0 Å². The van der Waals surface area contributed by atoms with Crippen molar-refractivity contribution in [2.75, 3.05) is 0 Å². The molecule has 0 radical (unpaired) electrons. The summed E-state index contributed by atoms with van der Waals surface area (Å²) in [5.41, 5.74) is 32.5. The van der Waals surface area contributed by atoms with Gasteiger partial charge in [-0.05, 0) is 241 Å². The highest BCUT2D eigenvalue weighted by molar-refractivity contribution is 9.11. The second-order valence-electron chi connectivity index (χ2n) is 36.6. The molecule has 0 unspecified atom stereocenters. The predicted octanol–water partition coefficient (Wildman–Crippen LogP) is 37.3. The van der Waals surface area contributed by atoms with Crippen LogP contribution in [0.3, 0.4) is 0 Å².